The normalized spacial score (nSPS) is 10.8. The maximum absolute atomic E-state index is 12.7. The van der Waals surface area contributed by atoms with Crippen molar-refractivity contribution in [3.8, 4) is 11.3 Å². The van der Waals surface area contributed by atoms with Crippen LogP contribution >= 0.6 is 0 Å². The number of hydrogen-bond donors (Lipinski definition) is 1. The lowest BCUT2D eigenvalue weighted by molar-refractivity contribution is 0.0782. The molecule has 0 spiro atoms. The average Bonchev–Trinajstić information content (AvgIpc) is 3.14. The Balaban J connectivity index is 1.80. The second-order valence-corrected chi connectivity index (χ2v) is 6.32. The zero-order valence-electron chi connectivity index (χ0n) is 15.0. The minimum Gasteiger partial charge on any atom is -0.368 e. The summed E-state index contributed by atoms with van der Waals surface area (Å²) >= 11 is 0. The van der Waals surface area contributed by atoms with E-state index in [0.29, 0.717) is 17.8 Å². The van der Waals surface area contributed by atoms with Crippen LogP contribution in [0.2, 0.25) is 0 Å². The number of benzene rings is 1. The second kappa shape index (κ2) is 7.77. The Kier molecular flexibility index (Phi) is 5.26. The van der Waals surface area contributed by atoms with Gasteiger partial charge in [-0.25, -0.2) is 9.97 Å². The molecule has 7 nitrogen and oxygen atoms in total. The molecule has 0 unspecified atom stereocenters. The maximum atomic E-state index is 12.7. The lowest BCUT2D eigenvalue weighted by atomic mass is 10.1. The summed E-state index contributed by atoms with van der Waals surface area (Å²) in [5.74, 6) is 0.661. The molecule has 3 aromatic rings. The van der Waals surface area contributed by atoms with Gasteiger partial charge in [0.25, 0.3) is 5.91 Å². The number of rotatable bonds is 6. The Morgan fingerprint density at radius 1 is 1.23 bits per heavy atom. The fraction of sp³-hybridized carbons (Fsp3) is 0.263. The van der Waals surface area contributed by atoms with Crippen molar-refractivity contribution in [2.45, 2.75) is 26.4 Å². The highest BCUT2D eigenvalue weighted by atomic mass is 16.5. The first-order valence-electron chi connectivity index (χ1n) is 8.36. The Hall–Kier alpha value is -3.22. The van der Waals surface area contributed by atoms with Crippen molar-refractivity contribution in [2.24, 2.45) is 0 Å². The van der Waals surface area contributed by atoms with Crippen molar-refractivity contribution in [2.75, 3.05) is 12.4 Å². The summed E-state index contributed by atoms with van der Waals surface area (Å²) in [5.41, 5.74) is 2.92. The Bertz CT molecular complexity index is 877. The van der Waals surface area contributed by atoms with Gasteiger partial charge in [-0.1, -0.05) is 17.3 Å². The Morgan fingerprint density at radius 3 is 2.81 bits per heavy atom. The van der Waals surface area contributed by atoms with Gasteiger partial charge in [0.05, 0.1) is 12.2 Å². The van der Waals surface area contributed by atoms with Gasteiger partial charge in [-0.05, 0) is 26.0 Å². The molecular formula is C19H21N5O2. The smallest absolute Gasteiger partial charge is 0.253 e. The van der Waals surface area contributed by atoms with Crippen molar-refractivity contribution in [3.05, 3.63) is 60.2 Å². The number of amides is 1. The van der Waals surface area contributed by atoms with Crippen LogP contribution in [0.5, 0.6) is 0 Å². The molecule has 0 saturated carbocycles. The number of hydrogen-bond acceptors (Lipinski definition) is 6. The highest BCUT2D eigenvalue weighted by Crippen LogP contribution is 2.21. The first kappa shape index (κ1) is 17.6. The molecule has 0 bridgehead atoms. The van der Waals surface area contributed by atoms with Gasteiger partial charge in [-0.2, -0.15) is 0 Å². The zero-order chi connectivity index (χ0) is 18.5. The predicted molar refractivity (Wildman–Crippen MR) is 98.5 cm³/mol. The first-order chi connectivity index (χ1) is 12.5. The molecule has 0 aliphatic carbocycles. The molecular weight excluding hydrogens is 330 g/mol. The van der Waals surface area contributed by atoms with Crippen LogP contribution in [-0.4, -0.2) is 39.0 Å². The molecule has 0 radical (unpaired) electrons. The molecule has 0 aliphatic rings. The molecule has 7 heteroatoms. The molecule has 2 aromatic heterocycles. The monoisotopic (exact) mass is 351 g/mol. The largest absolute Gasteiger partial charge is 0.368 e. The van der Waals surface area contributed by atoms with Crippen LogP contribution in [0.1, 0.15) is 29.9 Å². The summed E-state index contributed by atoms with van der Waals surface area (Å²) < 4.78 is 4.81. The summed E-state index contributed by atoms with van der Waals surface area (Å²) in [6.45, 7) is 4.48. The zero-order valence-corrected chi connectivity index (χ0v) is 15.0. The van der Waals surface area contributed by atoms with Crippen molar-refractivity contribution in [1.29, 1.82) is 0 Å². The van der Waals surface area contributed by atoms with E-state index in [1.807, 2.05) is 38.1 Å². The van der Waals surface area contributed by atoms with E-state index in [9.17, 15) is 4.79 Å². The summed E-state index contributed by atoms with van der Waals surface area (Å²) in [5, 5.41) is 7.09. The molecule has 0 atom stereocenters. The molecule has 1 aromatic carbocycles. The average molecular weight is 351 g/mol. The standard InChI is InChI=1S/C19H21N5O2/c1-13(2)22-18-10-17(20-12-21-18)14-5-4-6-15(9-14)19(25)24(3)11-16-7-8-26-23-16/h4-10,12-13H,11H2,1-3H3,(H,20,21,22). The van der Waals surface area contributed by atoms with Crippen LogP contribution in [-0.2, 0) is 6.54 Å². The van der Waals surface area contributed by atoms with Crippen molar-refractivity contribution < 1.29 is 9.32 Å². The van der Waals surface area contributed by atoms with Gasteiger partial charge in [-0.15, -0.1) is 0 Å². The number of anilines is 1. The minimum atomic E-state index is -0.0931. The van der Waals surface area contributed by atoms with Gasteiger partial charge in [0.1, 0.15) is 24.1 Å². The van der Waals surface area contributed by atoms with E-state index in [1.54, 1.807) is 24.1 Å². The molecule has 2 heterocycles. The van der Waals surface area contributed by atoms with Crippen LogP contribution in [0.25, 0.3) is 11.3 Å². The van der Waals surface area contributed by atoms with Gasteiger partial charge >= 0.3 is 0 Å². The lowest BCUT2D eigenvalue weighted by Gasteiger charge is -2.16. The lowest BCUT2D eigenvalue weighted by Crippen LogP contribution is -2.26. The highest BCUT2D eigenvalue weighted by molar-refractivity contribution is 5.95. The summed E-state index contributed by atoms with van der Waals surface area (Å²) in [4.78, 5) is 22.8. The molecule has 134 valence electrons. The number of nitrogens with zero attached hydrogens (tertiary/aromatic N) is 4. The molecule has 1 amide bonds. The van der Waals surface area contributed by atoms with E-state index in [1.165, 1.54) is 12.6 Å². The van der Waals surface area contributed by atoms with Crippen molar-refractivity contribution in [3.63, 3.8) is 0 Å². The third-order valence-electron chi connectivity index (χ3n) is 3.75. The first-order valence-corrected chi connectivity index (χ1v) is 8.36. The van der Waals surface area contributed by atoms with Crippen LogP contribution in [0.3, 0.4) is 0 Å². The second-order valence-electron chi connectivity index (χ2n) is 6.32. The Labute approximate surface area is 152 Å². The van der Waals surface area contributed by atoms with E-state index in [2.05, 4.69) is 20.4 Å². The molecule has 0 saturated heterocycles. The summed E-state index contributed by atoms with van der Waals surface area (Å²) in [7, 11) is 1.74. The Morgan fingerprint density at radius 2 is 2.08 bits per heavy atom. The van der Waals surface area contributed by atoms with Crippen molar-refractivity contribution in [1.82, 2.24) is 20.0 Å². The van der Waals surface area contributed by atoms with Crippen LogP contribution in [0.15, 0.2) is 53.5 Å². The highest BCUT2D eigenvalue weighted by Gasteiger charge is 2.14. The summed E-state index contributed by atoms with van der Waals surface area (Å²) in [6.07, 6.45) is 3.01. The van der Waals surface area contributed by atoms with E-state index in [-0.39, 0.29) is 11.9 Å². The third-order valence-corrected chi connectivity index (χ3v) is 3.75. The number of aromatic nitrogens is 3. The van der Waals surface area contributed by atoms with Crippen LogP contribution in [0.4, 0.5) is 5.82 Å². The topological polar surface area (TPSA) is 84.2 Å². The molecule has 0 fully saturated rings. The van der Waals surface area contributed by atoms with Gasteiger partial charge < -0.3 is 14.7 Å². The van der Waals surface area contributed by atoms with E-state index in [0.717, 1.165) is 17.1 Å². The third kappa shape index (κ3) is 4.24. The van der Waals surface area contributed by atoms with Crippen LogP contribution < -0.4 is 5.32 Å². The van der Waals surface area contributed by atoms with Crippen molar-refractivity contribution >= 4 is 11.7 Å². The molecule has 3 rings (SSSR count). The van der Waals surface area contributed by atoms with Gasteiger partial charge in [0.15, 0.2) is 0 Å². The number of carbonyl (C=O) groups excluding carboxylic acids is 1. The fourth-order valence-corrected chi connectivity index (χ4v) is 2.56. The van der Waals surface area contributed by atoms with Gasteiger partial charge in [0.2, 0.25) is 0 Å². The molecule has 26 heavy (non-hydrogen) atoms. The van der Waals surface area contributed by atoms with E-state index >= 15 is 0 Å². The van der Waals surface area contributed by atoms with Gasteiger partial charge in [-0.3, -0.25) is 4.79 Å². The summed E-state index contributed by atoms with van der Waals surface area (Å²) in [6, 6.07) is 11.3. The number of carbonyl (C=O) groups is 1. The fourth-order valence-electron chi connectivity index (χ4n) is 2.56. The molecule has 1 N–H and O–H groups in total. The van der Waals surface area contributed by atoms with Gasteiger partial charge in [0, 0.05) is 36.3 Å². The minimum absolute atomic E-state index is 0.0931. The van der Waals surface area contributed by atoms with E-state index in [4.69, 9.17) is 4.52 Å². The maximum Gasteiger partial charge on any atom is 0.253 e. The van der Waals surface area contributed by atoms with E-state index < -0.39 is 0 Å². The predicted octanol–water partition coefficient (Wildman–Crippen LogP) is 3.22. The quantitative estimate of drug-likeness (QED) is 0.734. The molecule has 0 aliphatic heterocycles. The van der Waals surface area contributed by atoms with Crippen LogP contribution in [0, 0.1) is 0 Å². The number of nitrogens with one attached hydrogen (secondary N) is 1. The SMILES string of the molecule is CC(C)Nc1cc(-c2cccc(C(=O)N(C)Cc3ccon3)c2)ncn1.